The van der Waals surface area contributed by atoms with E-state index in [0.29, 0.717) is 17.2 Å². The Labute approximate surface area is 158 Å². The van der Waals surface area contributed by atoms with Gasteiger partial charge in [0.1, 0.15) is 0 Å². The minimum Gasteiger partial charge on any atom is -0.328 e. The van der Waals surface area contributed by atoms with Crippen LogP contribution >= 0.6 is 0 Å². The zero-order chi connectivity index (χ0) is 19.0. The number of halogens is 3. The first kappa shape index (κ1) is 18.5. The van der Waals surface area contributed by atoms with E-state index in [4.69, 9.17) is 5.73 Å². The summed E-state index contributed by atoms with van der Waals surface area (Å²) in [7, 11) is 0. The summed E-state index contributed by atoms with van der Waals surface area (Å²) in [5.74, 6) is -0.0537. The molecule has 2 aliphatic rings. The fourth-order valence-electron chi connectivity index (χ4n) is 4.25. The molecule has 2 fully saturated rings. The van der Waals surface area contributed by atoms with Crippen molar-refractivity contribution in [1.29, 1.82) is 0 Å². The number of nitrogens with two attached hydrogens (primary N) is 1. The van der Waals surface area contributed by atoms with Crippen molar-refractivity contribution < 1.29 is 13.2 Å². The van der Waals surface area contributed by atoms with E-state index in [2.05, 4.69) is 5.32 Å². The molecule has 144 valence electrons. The normalized spacial score (nSPS) is 28.1. The van der Waals surface area contributed by atoms with Gasteiger partial charge in [-0.1, -0.05) is 42.5 Å². The quantitative estimate of drug-likeness (QED) is 0.782. The molecule has 0 aliphatic heterocycles. The molecule has 2 unspecified atom stereocenters. The van der Waals surface area contributed by atoms with Crippen LogP contribution in [0.5, 0.6) is 0 Å². The topological polar surface area (TPSA) is 38.0 Å². The zero-order valence-electron chi connectivity index (χ0n) is 15.2. The molecule has 0 amide bonds. The molecule has 5 heteroatoms. The Kier molecular flexibility index (Phi) is 4.99. The summed E-state index contributed by atoms with van der Waals surface area (Å²) in [5.41, 5.74) is 7.28. The molecule has 0 heterocycles. The monoisotopic (exact) mass is 374 g/mol. The highest BCUT2D eigenvalue weighted by molar-refractivity contribution is 5.65. The lowest BCUT2D eigenvalue weighted by Gasteiger charge is -2.27. The zero-order valence-corrected chi connectivity index (χ0v) is 15.2. The third-order valence-electron chi connectivity index (χ3n) is 5.88. The van der Waals surface area contributed by atoms with Gasteiger partial charge in [-0.3, -0.25) is 0 Å². The summed E-state index contributed by atoms with van der Waals surface area (Å²) >= 11 is 0. The standard InChI is InChI=1S/C22H25F3N2/c23-22(24,25)20-12-15(14-4-2-1-3-5-14)6-11-18(20)19-13-21(19)27-17-9-7-16(26)8-10-17/h1-6,11-12,16-17,19,21,27H,7-10,13,26H2. The second kappa shape index (κ2) is 7.28. The van der Waals surface area contributed by atoms with Gasteiger partial charge in [-0.25, -0.2) is 0 Å². The van der Waals surface area contributed by atoms with E-state index in [0.717, 1.165) is 37.7 Å². The Bertz CT molecular complexity index is 780. The van der Waals surface area contributed by atoms with Crippen LogP contribution in [0, 0.1) is 0 Å². The number of nitrogens with one attached hydrogen (secondary N) is 1. The van der Waals surface area contributed by atoms with E-state index in [9.17, 15) is 13.2 Å². The molecule has 0 saturated heterocycles. The van der Waals surface area contributed by atoms with Crippen LogP contribution in [0.15, 0.2) is 48.5 Å². The Morgan fingerprint density at radius 2 is 1.59 bits per heavy atom. The van der Waals surface area contributed by atoms with E-state index in [1.54, 1.807) is 6.07 Å². The van der Waals surface area contributed by atoms with Crippen LogP contribution < -0.4 is 11.1 Å². The van der Waals surface area contributed by atoms with Gasteiger partial charge in [0.15, 0.2) is 0 Å². The van der Waals surface area contributed by atoms with Crippen LogP contribution in [-0.4, -0.2) is 18.1 Å². The molecule has 0 bridgehead atoms. The third kappa shape index (κ3) is 4.19. The van der Waals surface area contributed by atoms with Gasteiger partial charge in [0, 0.05) is 24.0 Å². The Hall–Kier alpha value is -1.85. The number of benzene rings is 2. The molecular formula is C22H25F3N2. The average molecular weight is 374 g/mol. The summed E-state index contributed by atoms with van der Waals surface area (Å²) in [4.78, 5) is 0. The fraction of sp³-hybridized carbons (Fsp3) is 0.455. The molecule has 3 N–H and O–H groups in total. The van der Waals surface area contributed by atoms with Gasteiger partial charge in [0.05, 0.1) is 5.56 Å². The van der Waals surface area contributed by atoms with Gasteiger partial charge >= 0.3 is 6.18 Å². The molecule has 2 aromatic carbocycles. The predicted octanol–water partition coefficient (Wildman–Crippen LogP) is 5.09. The van der Waals surface area contributed by atoms with E-state index < -0.39 is 11.7 Å². The number of rotatable bonds is 4. The highest BCUT2D eigenvalue weighted by Gasteiger charge is 2.45. The molecular weight excluding hydrogens is 349 g/mol. The van der Waals surface area contributed by atoms with E-state index >= 15 is 0 Å². The van der Waals surface area contributed by atoms with Gasteiger partial charge in [0.2, 0.25) is 0 Å². The molecule has 0 radical (unpaired) electrons. The number of hydrogen-bond donors (Lipinski definition) is 2. The highest BCUT2D eigenvalue weighted by atomic mass is 19.4. The van der Waals surface area contributed by atoms with Crippen LogP contribution in [-0.2, 0) is 6.18 Å². The van der Waals surface area contributed by atoms with Gasteiger partial charge in [-0.2, -0.15) is 13.2 Å². The van der Waals surface area contributed by atoms with Crippen molar-refractivity contribution >= 4 is 0 Å². The summed E-state index contributed by atoms with van der Waals surface area (Å²) < 4.78 is 41.2. The molecule has 27 heavy (non-hydrogen) atoms. The molecule has 2 aromatic rings. The first-order chi connectivity index (χ1) is 12.9. The molecule has 0 spiro atoms. The lowest BCUT2D eigenvalue weighted by molar-refractivity contribution is -0.138. The van der Waals surface area contributed by atoms with Crippen molar-refractivity contribution in [2.24, 2.45) is 5.73 Å². The smallest absolute Gasteiger partial charge is 0.328 e. The fourth-order valence-corrected chi connectivity index (χ4v) is 4.25. The number of alkyl halides is 3. The van der Waals surface area contributed by atoms with Crippen LogP contribution in [0.4, 0.5) is 13.2 Å². The Balaban J connectivity index is 1.53. The van der Waals surface area contributed by atoms with E-state index in [1.165, 1.54) is 6.07 Å². The van der Waals surface area contributed by atoms with Gasteiger partial charge in [-0.05, 0) is 54.9 Å². The third-order valence-corrected chi connectivity index (χ3v) is 5.88. The predicted molar refractivity (Wildman–Crippen MR) is 101 cm³/mol. The van der Waals surface area contributed by atoms with Crippen molar-refractivity contribution in [1.82, 2.24) is 5.32 Å². The second-order valence-electron chi connectivity index (χ2n) is 7.89. The molecule has 2 nitrogen and oxygen atoms in total. The van der Waals surface area contributed by atoms with Crippen molar-refractivity contribution in [3.05, 3.63) is 59.7 Å². The van der Waals surface area contributed by atoms with Crippen molar-refractivity contribution in [3.63, 3.8) is 0 Å². The minimum absolute atomic E-state index is 0.0537. The van der Waals surface area contributed by atoms with Gasteiger partial charge in [0.25, 0.3) is 0 Å². The lowest BCUT2D eigenvalue weighted by atomic mass is 9.91. The highest BCUT2D eigenvalue weighted by Crippen LogP contribution is 2.47. The first-order valence-electron chi connectivity index (χ1n) is 9.70. The first-order valence-corrected chi connectivity index (χ1v) is 9.70. The summed E-state index contributed by atoms with van der Waals surface area (Å²) in [6.45, 7) is 0. The molecule has 2 atom stereocenters. The molecule has 0 aromatic heterocycles. The minimum atomic E-state index is -4.34. The largest absolute Gasteiger partial charge is 0.416 e. The maximum absolute atomic E-state index is 13.7. The van der Waals surface area contributed by atoms with Crippen molar-refractivity contribution in [2.45, 2.75) is 62.3 Å². The van der Waals surface area contributed by atoms with Crippen molar-refractivity contribution in [2.75, 3.05) is 0 Å². The van der Waals surface area contributed by atoms with E-state index in [-0.39, 0.29) is 18.0 Å². The van der Waals surface area contributed by atoms with E-state index in [1.807, 2.05) is 36.4 Å². The van der Waals surface area contributed by atoms with Crippen molar-refractivity contribution in [3.8, 4) is 11.1 Å². The Morgan fingerprint density at radius 3 is 2.26 bits per heavy atom. The van der Waals surface area contributed by atoms with Crippen LogP contribution in [0.2, 0.25) is 0 Å². The Morgan fingerprint density at radius 1 is 0.889 bits per heavy atom. The molecule has 2 saturated carbocycles. The van der Waals surface area contributed by atoms with Gasteiger partial charge < -0.3 is 11.1 Å². The summed E-state index contributed by atoms with van der Waals surface area (Å²) in [5, 5.41) is 3.56. The maximum atomic E-state index is 13.7. The summed E-state index contributed by atoms with van der Waals surface area (Å²) in [6.07, 6.45) is 0.456. The maximum Gasteiger partial charge on any atom is 0.416 e. The van der Waals surface area contributed by atoms with Gasteiger partial charge in [-0.15, -0.1) is 0 Å². The molecule has 4 rings (SSSR count). The lowest BCUT2D eigenvalue weighted by Crippen LogP contribution is -2.38. The van der Waals surface area contributed by atoms with Crippen LogP contribution in [0.1, 0.15) is 49.1 Å². The average Bonchev–Trinajstić information content (AvgIpc) is 3.42. The SMILES string of the molecule is NC1CCC(NC2CC2c2ccc(-c3ccccc3)cc2C(F)(F)F)CC1. The summed E-state index contributed by atoms with van der Waals surface area (Å²) in [6, 6.07) is 14.8. The van der Waals surface area contributed by atoms with Crippen LogP contribution in [0.25, 0.3) is 11.1 Å². The van der Waals surface area contributed by atoms with Crippen LogP contribution in [0.3, 0.4) is 0 Å². The molecule has 2 aliphatic carbocycles. The number of hydrogen-bond acceptors (Lipinski definition) is 2. The second-order valence-corrected chi connectivity index (χ2v) is 7.89.